The Balaban J connectivity index is 1.37. The van der Waals surface area contributed by atoms with Gasteiger partial charge in [-0.2, -0.15) is 0 Å². The average molecular weight is 680 g/mol. The van der Waals surface area contributed by atoms with Gasteiger partial charge in [0, 0.05) is 50.8 Å². The lowest BCUT2D eigenvalue weighted by Crippen LogP contribution is -2.03. The van der Waals surface area contributed by atoms with Crippen molar-refractivity contribution in [2.45, 2.75) is 0 Å². The number of benzene rings is 6. The van der Waals surface area contributed by atoms with Gasteiger partial charge >= 0.3 is 0 Å². The summed E-state index contributed by atoms with van der Waals surface area (Å²) >= 11 is 0. The van der Waals surface area contributed by atoms with Gasteiger partial charge in [0.2, 0.25) is 0 Å². The third-order valence-corrected chi connectivity index (χ3v) is 10.2. The van der Waals surface area contributed by atoms with Gasteiger partial charge in [-0.25, -0.2) is 15.0 Å². The smallest absolute Gasteiger partial charge is 0.159 e. The van der Waals surface area contributed by atoms with E-state index in [1.54, 1.807) is 12.4 Å². The van der Waals surface area contributed by atoms with Crippen LogP contribution >= 0.6 is 0 Å². The Morgan fingerprint density at radius 3 is 1.77 bits per heavy atom. The second-order valence-electron chi connectivity index (χ2n) is 13.2. The Bertz CT molecular complexity index is 3200. The minimum atomic E-state index is 0.657. The van der Waals surface area contributed by atoms with Crippen LogP contribution in [0.3, 0.4) is 0 Å². The molecule has 0 saturated heterocycles. The van der Waals surface area contributed by atoms with Crippen LogP contribution in [-0.4, -0.2) is 33.5 Å². The maximum atomic E-state index is 5.36. The maximum Gasteiger partial charge on any atom is 0.159 e. The molecule has 0 radical (unpaired) electrons. The summed E-state index contributed by atoms with van der Waals surface area (Å²) in [7, 11) is 0. The van der Waals surface area contributed by atoms with Crippen molar-refractivity contribution in [3.05, 3.63) is 176 Å². The van der Waals surface area contributed by atoms with Crippen LogP contribution in [0.1, 0.15) is 0 Å². The van der Waals surface area contributed by atoms with Crippen molar-refractivity contribution in [3.8, 4) is 34.2 Å². The summed E-state index contributed by atoms with van der Waals surface area (Å²) in [5.41, 5.74) is 11.2. The van der Waals surface area contributed by atoms with E-state index in [4.69, 9.17) is 15.0 Å². The number of para-hydroxylation sites is 4. The standard InChI is InChI=1S/C46H29N7/c1-3-12-31(13-4-1)46-50-38-19-11-18-36-34-16-7-9-20-39(34)51(32-14-5-2-6-15-32)42-26-37-35-17-8-10-21-40(35)52(41(37)27-43(42)53(46)44(36)38)33-28-48-45(49-29-33)30-22-24-47-25-23-30/h1-29H. The van der Waals surface area contributed by atoms with Gasteiger partial charge in [0.1, 0.15) is 5.82 Å². The van der Waals surface area contributed by atoms with Crippen LogP contribution < -0.4 is 0 Å². The first kappa shape index (κ1) is 29.4. The molecular formula is C46H29N7. The molecule has 5 aromatic heterocycles. The lowest BCUT2D eigenvalue weighted by molar-refractivity contribution is 1.08. The van der Waals surface area contributed by atoms with Gasteiger partial charge in [-0.3, -0.25) is 9.38 Å². The highest BCUT2D eigenvalue weighted by molar-refractivity contribution is 6.16. The lowest BCUT2D eigenvalue weighted by atomic mass is 10.1. The number of pyridine rings is 1. The van der Waals surface area contributed by atoms with E-state index in [0.717, 1.165) is 88.5 Å². The van der Waals surface area contributed by atoms with Crippen LogP contribution in [0.5, 0.6) is 0 Å². The van der Waals surface area contributed by atoms with E-state index < -0.39 is 0 Å². The first-order chi connectivity index (χ1) is 26.3. The van der Waals surface area contributed by atoms with Gasteiger partial charge in [0.15, 0.2) is 5.82 Å². The van der Waals surface area contributed by atoms with Gasteiger partial charge in [-0.1, -0.05) is 97.1 Å². The summed E-state index contributed by atoms with van der Waals surface area (Å²) in [6.45, 7) is 0. The van der Waals surface area contributed by atoms with Crippen molar-refractivity contribution < 1.29 is 0 Å². The summed E-state index contributed by atoms with van der Waals surface area (Å²) in [6.07, 6.45) is 7.36. The largest absolute Gasteiger partial charge is 0.308 e. The van der Waals surface area contributed by atoms with Crippen molar-refractivity contribution in [2.75, 3.05) is 0 Å². The van der Waals surface area contributed by atoms with E-state index in [2.05, 4.69) is 158 Å². The molecule has 0 atom stereocenters. The first-order valence-corrected chi connectivity index (χ1v) is 17.6. The Morgan fingerprint density at radius 2 is 1.04 bits per heavy atom. The fourth-order valence-electron chi connectivity index (χ4n) is 7.96. The molecule has 0 unspecified atom stereocenters. The maximum absolute atomic E-state index is 5.36. The molecule has 248 valence electrons. The molecular weight excluding hydrogens is 651 g/mol. The van der Waals surface area contributed by atoms with Gasteiger partial charge in [0.25, 0.3) is 0 Å². The zero-order valence-corrected chi connectivity index (χ0v) is 28.4. The Kier molecular flexibility index (Phi) is 6.42. The highest BCUT2D eigenvalue weighted by atomic mass is 15.1. The number of nitrogens with zero attached hydrogens (tertiary/aromatic N) is 7. The second kappa shape index (κ2) is 11.6. The molecule has 11 rings (SSSR count). The number of fused-ring (bicyclic) bond motifs is 7. The molecule has 0 fully saturated rings. The summed E-state index contributed by atoms with van der Waals surface area (Å²) in [5, 5.41) is 4.54. The van der Waals surface area contributed by atoms with Crippen LogP contribution in [0, 0.1) is 0 Å². The van der Waals surface area contributed by atoms with E-state index in [1.165, 1.54) is 0 Å². The van der Waals surface area contributed by atoms with Gasteiger partial charge < -0.3 is 9.13 Å². The molecule has 0 aliphatic heterocycles. The monoisotopic (exact) mass is 679 g/mol. The van der Waals surface area contributed by atoms with E-state index in [-0.39, 0.29) is 0 Å². The molecule has 11 aromatic rings. The first-order valence-electron chi connectivity index (χ1n) is 17.6. The number of aromatic nitrogens is 7. The fraction of sp³-hybridized carbons (Fsp3) is 0. The van der Waals surface area contributed by atoms with E-state index in [0.29, 0.717) is 5.82 Å². The normalized spacial score (nSPS) is 11.8. The van der Waals surface area contributed by atoms with Crippen LogP contribution in [0.25, 0.3) is 94.3 Å². The molecule has 0 aliphatic rings. The average Bonchev–Trinajstić information content (AvgIpc) is 3.78. The van der Waals surface area contributed by atoms with Gasteiger partial charge in [-0.05, 0) is 54.6 Å². The third-order valence-electron chi connectivity index (χ3n) is 10.2. The molecule has 7 heteroatoms. The van der Waals surface area contributed by atoms with Gasteiger partial charge in [0.05, 0.1) is 56.7 Å². The van der Waals surface area contributed by atoms with Crippen LogP contribution in [-0.2, 0) is 0 Å². The Labute approximate surface area is 303 Å². The van der Waals surface area contributed by atoms with Crippen molar-refractivity contribution in [1.29, 1.82) is 0 Å². The van der Waals surface area contributed by atoms with E-state index in [1.807, 2.05) is 24.5 Å². The van der Waals surface area contributed by atoms with E-state index >= 15 is 0 Å². The molecule has 53 heavy (non-hydrogen) atoms. The molecule has 0 N–H and O–H groups in total. The van der Waals surface area contributed by atoms with Crippen LogP contribution in [0.4, 0.5) is 0 Å². The third kappa shape index (κ3) is 4.47. The minimum absolute atomic E-state index is 0.657. The predicted octanol–water partition coefficient (Wildman–Crippen LogP) is 10.8. The molecule has 7 nitrogen and oxygen atoms in total. The number of imidazole rings is 1. The molecule has 0 saturated carbocycles. The summed E-state index contributed by atoms with van der Waals surface area (Å²) < 4.78 is 7.05. The SMILES string of the molecule is c1ccc(-c2nc3cccc4c5ccccc5n(-c5ccccc5)c5cc6c7ccccc7n(-c7cnc(-c8ccncc8)nc7)c6cc5n2c34)cc1. The molecule has 0 amide bonds. The summed E-state index contributed by atoms with van der Waals surface area (Å²) in [6, 6.07) is 53.4. The van der Waals surface area contributed by atoms with Crippen molar-refractivity contribution in [3.63, 3.8) is 0 Å². The van der Waals surface area contributed by atoms with Crippen molar-refractivity contribution in [1.82, 2.24) is 33.5 Å². The highest BCUT2D eigenvalue weighted by Gasteiger charge is 2.21. The minimum Gasteiger partial charge on any atom is -0.308 e. The molecule has 0 aliphatic carbocycles. The molecule has 6 aromatic carbocycles. The van der Waals surface area contributed by atoms with Crippen LogP contribution in [0.2, 0.25) is 0 Å². The molecule has 0 spiro atoms. The molecule has 0 bridgehead atoms. The topological polar surface area (TPSA) is 65.8 Å². The highest BCUT2D eigenvalue weighted by Crippen LogP contribution is 2.39. The fourth-order valence-corrected chi connectivity index (χ4v) is 7.96. The second-order valence-corrected chi connectivity index (χ2v) is 13.2. The zero-order valence-electron chi connectivity index (χ0n) is 28.4. The van der Waals surface area contributed by atoms with Crippen LogP contribution in [0.15, 0.2) is 176 Å². The quantitative estimate of drug-likeness (QED) is 0.186. The van der Waals surface area contributed by atoms with E-state index in [9.17, 15) is 0 Å². The summed E-state index contributed by atoms with van der Waals surface area (Å²) in [4.78, 5) is 19.2. The number of hydrogen-bond acceptors (Lipinski definition) is 4. The Hall–Kier alpha value is -7.38. The predicted molar refractivity (Wildman–Crippen MR) is 214 cm³/mol. The van der Waals surface area contributed by atoms with Crippen molar-refractivity contribution >= 4 is 60.2 Å². The number of hydrogen-bond donors (Lipinski definition) is 0. The zero-order chi connectivity index (χ0) is 34.9. The number of rotatable bonds is 4. The van der Waals surface area contributed by atoms with Gasteiger partial charge in [-0.15, -0.1) is 0 Å². The van der Waals surface area contributed by atoms with Crippen molar-refractivity contribution in [2.24, 2.45) is 0 Å². The summed E-state index contributed by atoms with van der Waals surface area (Å²) in [5.74, 6) is 1.54. The lowest BCUT2D eigenvalue weighted by Gasteiger charge is -2.17. The Morgan fingerprint density at radius 1 is 0.415 bits per heavy atom. The molecule has 5 heterocycles.